The van der Waals surface area contributed by atoms with Gasteiger partial charge in [-0.1, -0.05) is 17.7 Å². The molecule has 0 atom stereocenters. The highest BCUT2D eigenvalue weighted by molar-refractivity contribution is 7.90. The van der Waals surface area contributed by atoms with Crippen molar-refractivity contribution in [2.45, 2.75) is 12.7 Å². The van der Waals surface area contributed by atoms with E-state index in [1.807, 2.05) is 0 Å². The van der Waals surface area contributed by atoms with Crippen molar-refractivity contribution >= 4 is 49.1 Å². The molecule has 3 aromatic heterocycles. The number of nitrogens with zero attached hydrogens (tertiary/aromatic N) is 4. The van der Waals surface area contributed by atoms with Crippen LogP contribution in [0.3, 0.4) is 0 Å². The predicted octanol–water partition coefficient (Wildman–Crippen LogP) is 4.70. The van der Waals surface area contributed by atoms with Crippen LogP contribution in [-0.2, 0) is 22.6 Å². The Hall–Kier alpha value is -3.90. The molecule has 0 fully saturated rings. The van der Waals surface area contributed by atoms with Gasteiger partial charge in [-0.3, -0.25) is 14.0 Å². The molecule has 0 amide bonds. The van der Waals surface area contributed by atoms with Crippen molar-refractivity contribution in [2.75, 3.05) is 17.7 Å². The van der Waals surface area contributed by atoms with Crippen molar-refractivity contribution in [3.8, 4) is 16.8 Å². The highest BCUT2D eigenvalue weighted by atomic mass is 35.5. The van der Waals surface area contributed by atoms with E-state index in [0.717, 1.165) is 16.9 Å². The van der Waals surface area contributed by atoms with Crippen LogP contribution >= 0.6 is 11.6 Å². The summed E-state index contributed by atoms with van der Waals surface area (Å²) in [4.78, 5) is 17.6. The summed E-state index contributed by atoms with van der Waals surface area (Å²) in [6.45, 7) is 0.149. The van der Waals surface area contributed by atoms with Crippen LogP contribution in [0.1, 0.15) is 5.69 Å². The number of halogens is 4. The summed E-state index contributed by atoms with van der Waals surface area (Å²) < 4.78 is 66.2. The maximum absolute atomic E-state index is 13.8. The summed E-state index contributed by atoms with van der Waals surface area (Å²) >= 11 is 5.99. The molecule has 196 valence electrons. The number of alkyl halides is 3. The molecule has 0 unspecified atom stereocenters. The largest absolute Gasteiger partial charge is 0.433 e. The summed E-state index contributed by atoms with van der Waals surface area (Å²) in [6, 6.07) is 13.0. The van der Waals surface area contributed by atoms with Gasteiger partial charge in [0.15, 0.2) is 0 Å². The SMILES string of the molecule is CS(=O)(=O)CCn1ncc2cc(-c3c(N)c4ccc(C(F)(F)F)nc4n(-c4ccc(Cl)cc4)c3=O)ccc21. The quantitative estimate of drug-likeness (QED) is 0.333. The van der Waals surface area contributed by atoms with Gasteiger partial charge in [0, 0.05) is 22.1 Å². The second-order valence-electron chi connectivity index (χ2n) is 8.74. The number of nitrogens with two attached hydrogens (primary N) is 1. The first-order valence-electron chi connectivity index (χ1n) is 11.2. The fraction of sp³-hybridized carbons (Fsp3) is 0.160. The Balaban J connectivity index is 1.75. The Morgan fingerprint density at radius 3 is 2.42 bits per heavy atom. The van der Waals surface area contributed by atoms with Crippen molar-refractivity contribution in [3.05, 3.63) is 81.9 Å². The van der Waals surface area contributed by atoms with Gasteiger partial charge < -0.3 is 5.73 Å². The van der Waals surface area contributed by atoms with Gasteiger partial charge in [0.1, 0.15) is 21.2 Å². The topological polar surface area (TPSA) is 113 Å². The molecule has 38 heavy (non-hydrogen) atoms. The molecule has 13 heteroatoms. The number of aryl methyl sites for hydroxylation is 1. The molecule has 3 heterocycles. The first kappa shape index (κ1) is 25.7. The number of hydrogen-bond donors (Lipinski definition) is 1. The van der Waals surface area contributed by atoms with E-state index in [2.05, 4.69) is 10.1 Å². The fourth-order valence-corrected chi connectivity index (χ4v) is 4.86. The molecule has 0 spiro atoms. The molecule has 0 aliphatic heterocycles. The summed E-state index contributed by atoms with van der Waals surface area (Å²) in [6.07, 6.45) is -2.06. The van der Waals surface area contributed by atoms with Crippen molar-refractivity contribution in [2.24, 2.45) is 0 Å². The van der Waals surface area contributed by atoms with Gasteiger partial charge in [-0.05, 0) is 54.1 Å². The summed E-state index contributed by atoms with van der Waals surface area (Å²) in [5.74, 6) is -0.0954. The van der Waals surface area contributed by atoms with E-state index in [9.17, 15) is 26.4 Å². The lowest BCUT2D eigenvalue weighted by atomic mass is 10.0. The maximum Gasteiger partial charge on any atom is 0.433 e. The molecule has 8 nitrogen and oxygen atoms in total. The molecule has 5 rings (SSSR count). The third kappa shape index (κ3) is 4.72. The minimum atomic E-state index is -4.73. The number of benzene rings is 2. The van der Waals surface area contributed by atoms with Crippen LogP contribution in [0.25, 0.3) is 38.8 Å². The average Bonchev–Trinajstić information content (AvgIpc) is 3.25. The number of sulfone groups is 1. The summed E-state index contributed by atoms with van der Waals surface area (Å²) in [7, 11) is -3.20. The Morgan fingerprint density at radius 2 is 1.76 bits per heavy atom. The van der Waals surface area contributed by atoms with Gasteiger partial charge in [0.25, 0.3) is 5.56 Å². The summed E-state index contributed by atoms with van der Waals surface area (Å²) in [5.41, 5.74) is 5.65. The van der Waals surface area contributed by atoms with Crippen LogP contribution in [0.5, 0.6) is 0 Å². The number of pyridine rings is 2. The van der Waals surface area contributed by atoms with Crippen LogP contribution in [-0.4, -0.2) is 39.8 Å². The molecule has 2 aromatic carbocycles. The Bertz CT molecular complexity index is 1880. The van der Waals surface area contributed by atoms with Crippen molar-refractivity contribution < 1.29 is 21.6 Å². The Kier molecular flexibility index (Phi) is 6.19. The molecule has 5 aromatic rings. The van der Waals surface area contributed by atoms with Gasteiger partial charge in [0.2, 0.25) is 0 Å². The molecule has 0 radical (unpaired) electrons. The fourth-order valence-electron chi connectivity index (χ4n) is 4.23. The van der Waals surface area contributed by atoms with Crippen LogP contribution in [0, 0.1) is 0 Å². The molecular weight excluding hydrogens is 543 g/mol. The average molecular weight is 562 g/mol. The number of hydrogen-bond acceptors (Lipinski definition) is 6. The summed E-state index contributed by atoms with van der Waals surface area (Å²) in [5, 5.41) is 5.40. The lowest BCUT2D eigenvalue weighted by molar-refractivity contribution is -0.141. The van der Waals surface area contributed by atoms with Crippen LogP contribution in [0.4, 0.5) is 18.9 Å². The van der Waals surface area contributed by atoms with Crippen molar-refractivity contribution in [3.63, 3.8) is 0 Å². The minimum Gasteiger partial charge on any atom is -0.397 e. The van der Waals surface area contributed by atoms with Crippen LogP contribution < -0.4 is 11.3 Å². The van der Waals surface area contributed by atoms with Crippen molar-refractivity contribution in [1.82, 2.24) is 19.3 Å². The van der Waals surface area contributed by atoms with E-state index in [1.54, 1.807) is 22.9 Å². The normalized spacial score (nSPS) is 12.4. The molecule has 0 saturated carbocycles. The molecule has 0 bridgehead atoms. The smallest absolute Gasteiger partial charge is 0.397 e. The maximum atomic E-state index is 13.8. The predicted molar refractivity (Wildman–Crippen MR) is 140 cm³/mol. The Labute approximate surface area is 219 Å². The van der Waals surface area contributed by atoms with Gasteiger partial charge in [-0.2, -0.15) is 18.3 Å². The second kappa shape index (κ2) is 9.14. The monoisotopic (exact) mass is 561 g/mol. The lowest BCUT2D eigenvalue weighted by Gasteiger charge is -2.17. The van der Waals surface area contributed by atoms with E-state index in [4.69, 9.17) is 17.3 Å². The standard InChI is InChI=1S/C25H19ClF3N5O3S/c1-38(36,37)11-10-33-19-8-2-14(12-15(19)13-31-33)21-22(30)18-7-9-20(25(27,28)29)32-23(18)34(24(21)35)17-5-3-16(26)4-6-17/h2-9,12-13H,10-11,30H2,1H3. The first-order valence-corrected chi connectivity index (χ1v) is 13.6. The van der Waals surface area contributed by atoms with E-state index in [1.165, 1.54) is 36.5 Å². The number of nitrogen functional groups attached to an aromatic ring is 1. The van der Waals surface area contributed by atoms with Crippen LogP contribution in [0.15, 0.2) is 65.6 Å². The molecule has 0 saturated heterocycles. The zero-order valence-electron chi connectivity index (χ0n) is 19.7. The third-order valence-corrected chi connectivity index (χ3v) is 7.22. The highest BCUT2D eigenvalue weighted by Gasteiger charge is 2.33. The molecule has 0 aliphatic carbocycles. The zero-order chi connectivity index (χ0) is 27.4. The minimum absolute atomic E-state index is 0.0275. The van der Waals surface area contributed by atoms with Gasteiger partial charge in [0.05, 0.1) is 40.9 Å². The van der Waals surface area contributed by atoms with E-state index < -0.39 is 27.3 Å². The number of aromatic nitrogens is 4. The molecule has 0 aliphatic rings. The zero-order valence-corrected chi connectivity index (χ0v) is 21.3. The number of fused-ring (bicyclic) bond motifs is 2. The van der Waals surface area contributed by atoms with Gasteiger partial charge in [-0.25, -0.2) is 13.4 Å². The van der Waals surface area contributed by atoms with E-state index in [0.29, 0.717) is 21.5 Å². The third-order valence-electron chi connectivity index (χ3n) is 6.04. The first-order chi connectivity index (χ1) is 17.8. The van der Waals surface area contributed by atoms with Crippen molar-refractivity contribution in [1.29, 1.82) is 0 Å². The second-order valence-corrected chi connectivity index (χ2v) is 11.4. The lowest BCUT2D eigenvalue weighted by Crippen LogP contribution is -2.24. The van der Waals surface area contributed by atoms with Crippen LogP contribution in [0.2, 0.25) is 5.02 Å². The molecule has 2 N–H and O–H groups in total. The highest BCUT2D eigenvalue weighted by Crippen LogP contribution is 2.35. The molecular formula is C25H19ClF3N5O3S. The van der Waals surface area contributed by atoms with Gasteiger partial charge in [-0.15, -0.1) is 0 Å². The van der Waals surface area contributed by atoms with E-state index >= 15 is 0 Å². The number of anilines is 1. The van der Waals surface area contributed by atoms with Gasteiger partial charge >= 0.3 is 6.18 Å². The number of rotatable bonds is 5. The van der Waals surface area contributed by atoms with E-state index in [-0.39, 0.29) is 40.3 Å². The Morgan fingerprint density at radius 1 is 1.05 bits per heavy atom.